The molecule has 29 heavy (non-hydrogen) atoms. The first-order chi connectivity index (χ1) is 13.7. The fourth-order valence-electron chi connectivity index (χ4n) is 2.24. The molecule has 1 aromatic carbocycles. The van der Waals surface area contributed by atoms with E-state index < -0.39 is 0 Å². The second kappa shape index (κ2) is 18.9. The second-order valence-corrected chi connectivity index (χ2v) is 6.60. The summed E-state index contributed by atoms with van der Waals surface area (Å²) in [5.74, 6) is 0.669. The van der Waals surface area contributed by atoms with Crippen LogP contribution >= 0.6 is 35.6 Å². The van der Waals surface area contributed by atoms with Crippen LogP contribution in [0.3, 0.4) is 0 Å². The van der Waals surface area contributed by atoms with Crippen LogP contribution in [0.5, 0.6) is 0 Å². The van der Waals surface area contributed by atoms with Gasteiger partial charge >= 0.3 is 0 Å². The lowest BCUT2D eigenvalue weighted by Gasteiger charge is -2.12. The van der Waals surface area contributed by atoms with Crippen molar-refractivity contribution in [2.75, 3.05) is 51.9 Å². The van der Waals surface area contributed by atoms with Gasteiger partial charge in [0.05, 0.1) is 19.8 Å². The number of carbonyl (C=O) groups is 1. The number of hydrogen-bond donors (Lipinski definition) is 3. The van der Waals surface area contributed by atoms with Gasteiger partial charge in [0.15, 0.2) is 5.96 Å². The molecule has 7 nitrogen and oxygen atoms in total. The Morgan fingerprint density at radius 1 is 1.00 bits per heavy atom. The highest BCUT2D eigenvalue weighted by molar-refractivity contribution is 14.0. The lowest BCUT2D eigenvalue weighted by atomic mass is 10.2. The predicted molar refractivity (Wildman–Crippen MR) is 131 cm³/mol. The Hall–Kier alpha value is -1.10. The number of aliphatic imine (C=N–C) groups is 1. The Kier molecular flexibility index (Phi) is 18.2. The van der Waals surface area contributed by atoms with Crippen molar-refractivity contribution in [3.8, 4) is 0 Å². The molecule has 0 heterocycles. The molecule has 0 aliphatic rings. The van der Waals surface area contributed by atoms with Crippen LogP contribution in [-0.4, -0.2) is 58.4 Å². The monoisotopic (exact) mass is 540 g/mol. The van der Waals surface area contributed by atoms with E-state index in [0.717, 1.165) is 25.1 Å². The maximum Gasteiger partial charge on any atom is 0.224 e. The molecule has 0 unspecified atom stereocenters. The van der Waals surface area contributed by atoms with Crippen LogP contribution in [0.1, 0.15) is 32.6 Å². The van der Waals surface area contributed by atoms with Gasteiger partial charge in [-0.2, -0.15) is 0 Å². The van der Waals surface area contributed by atoms with E-state index in [1.54, 1.807) is 31.3 Å². The van der Waals surface area contributed by atoms with Gasteiger partial charge in [0, 0.05) is 43.9 Å². The van der Waals surface area contributed by atoms with Crippen LogP contribution in [0.2, 0.25) is 5.02 Å². The SMILES string of the molecule is CCCCOCCOCCNC(=NC)NCCCC(=O)Nc1ccc(Cl)cc1.I. The number of guanidine groups is 1. The van der Waals surface area contributed by atoms with Gasteiger partial charge in [0.25, 0.3) is 0 Å². The van der Waals surface area contributed by atoms with Crippen molar-refractivity contribution in [1.29, 1.82) is 0 Å². The standard InChI is InChI=1S/C20H33ClN4O3.HI/c1-3-4-13-27-15-16-28-14-12-24-20(22-2)23-11-5-6-19(26)25-18-9-7-17(21)8-10-18;/h7-10H,3-6,11-16H2,1-2H3,(H,25,26)(H2,22,23,24);1H. The van der Waals surface area contributed by atoms with Crippen LogP contribution in [0, 0.1) is 0 Å². The summed E-state index contributed by atoms with van der Waals surface area (Å²) >= 11 is 5.83. The molecule has 3 N–H and O–H groups in total. The third-order valence-corrected chi connectivity index (χ3v) is 4.03. The molecule has 9 heteroatoms. The molecule has 0 aromatic heterocycles. The summed E-state index contributed by atoms with van der Waals surface area (Å²) < 4.78 is 10.9. The molecular formula is C20H34ClIN4O3. The number of benzene rings is 1. The van der Waals surface area contributed by atoms with Crippen molar-refractivity contribution in [3.63, 3.8) is 0 Å². The second-order valence-electron chi connectivity index (χ2n) is 6.16. The van der Waals surface area contributed by atoms with Crippen LogP contribution in [-0.2, 0) is 14.3 Å². The van der Waals surface area contributed by atoms with E-state index in [0.29, 0.717) is 56.7 Å². The van der Waals surface area contributed by atoms with E-state index >= 15 is 0 Å². The number of nitrogens with zero attached hydrogens (tertiary/aromatic N) is 1. The first-order valence-electron chi connectivity index (χ1n) is 9.81. The molecule has 166 valence electrons. The third-order valence-electron chi connectivity index (χ3n) is 3.78. The van der Waals surface area contributed by atoms with Crippen LogP contribution in [0.25, 0.3) is 0 Å². The zero-order chi connectivity index (χ0) is 20.5. The zero-order valence-electron chi connectivity index (χ0n) is 17.3. The van der Waals surface area contributed by atoms with E-state index in [9.17, 15) is 4.79 Å². The molecule has 0 aliphatic carbocycles. The van der Waals surface area contributed by atoms with E-state index in [4.69, 9.17) is 21.1 Å². The molecule has 1 aromatic rings. The van der Waals surface area contributed by atoms with Gasteiger partial charge in [-0.25, -0.2) is 0 Å². The fourth-order valence-corrected chi connectivity index (χ4v) is 2.37. The highest BCUT2D eigenvalue weighted by Crippen LogP contribution is 2.13. The first-order valence-corrected chi connectivity index (χ1v) is 10.2. The Morgan fingerprint density at radius 2 is 1.66 bits per heavy atom. The summed E-state index contributed by atoms with van der Waals surface area (Å²) in [6, 6.07) is 7.06. The Morgan fingerprint density at radius 3 is 2.31 bits per heavy atom. The summed E-state index contributed by atoms with van der Waals surface area (Å²) in [5, 5.41) is 9.84. The topological polar surface area (TPSA) is 84.0 Å². The summed E-state index contributed by atoms with van der Waals surface area (Å²) in [6.07, 6.45) is 3.36. The third kappa shape index (κ3) is 15.4. The Bertz CT molecular complexity index is 573. The Balaban J connectivity index is 0.00000784. The highest BCUT2D eigenvalue weighted by atomic mass is 127. The summed E-state index contributed by atoms with van der Waals surface area (Å²) in [6.45, 7) is 6.06. The number of halogens is 2. The predicted octanol–water partition coefficient (Wildman–Crippen LogP) is 3.68. The number of hydrogen-bond acceptors (Lipinski definition) is 4. The van der Waals surface area contributed by atoms with Gasteiger partial charge in [-0.15, -0.1) is 24.0 Å². The van der Waals surface area contributed by atoms with Crippen LogP contribution in [0.15, 0.2) is 29.3 Å². The highest BCUT2D eigenvalue weighted by Gasteiger charge is 2.03. The maximum atomic E-state index is 11.9. The molecule has 0 bridgehead atoms. The van der Waals surface area contributed by atoms with E-state index in [-0.39, 0.29) is 29.9 Å². The van der Waals surface area contributed by atoms with Crippen molar-refractivity contribution in [2.24, 2.45) is 4.99 Å². The molecule has 0 spiro atoms. The number of carbonyl (C=O) groups excluding carboxylic acids is 1. The van der Waals surface area contributed by atoms with E-state index in [1.807, 2.05) is 0 Å². The minimum Gasteiger partial charge on any atom is -0.379 e. The van der Waals surface area contributed by atoms with Crippen LogP contribution in [0.4, 0.5) is 5.69 Å². The minimum atomic E-state index is -0.0263. The van der Waals surface area contributed by atoms with Crippen molar-refractivity contribution < 1.29 is 14.3 Å². The smallest absolute Gasteiger partial charge is 0.224 e. The van der Waals surface area contributed by atoms with Gasteiger partial charge in [-0.3, -0.25) is 9.79 Å². The number of amides is 1. The molecule has 0 atom stereocenters. The lowest BCUT2D eigenvalue weighted by Crippen LogP contribution is -2.39. The summed E-state index contributed by atoms with van der Waals surface area (Å²) in [4.78, 5) is 16.1. The minimum absolute atomic E-state index is 0. The van der Waals surface area contributed by atoms with Gasteiger partial charge in [-0.1, -0.05) is 24.9 Å². The summed E-state index contributed by atoms with van der Waals surface area (Å²) in [7, 11) is 1.71. The van der Waals surface area contributed by atoms with E-state index in [1.165, 1.54) is 0 Å². The van der Waals surface area contributed by atoms with Crippen molar-refractivity contribution in [2.45, 2.75) is 32.6 Å². The fraction of sp³-hybridized carbons (Fsp3) is 0.600. The molecule has 0 aliphatic heterocycles. The van der Waals surface area contributed by atoms with Gasteiger partial charge < -0.3 is 25.4 Å². The van der Waals surface area contributed by atoms with E-state index in [2.05, 4.69) is 27.9 Å². The molecule has 0 saturated carbocycles. The van der Waals surface area contributed by atoms with Crippen molar-refractivity contribution in [3.05, 3.63) is 29.3 Å². The number of nitrogens with one attached hydrogen (secondary N) is 3. The van der Waals surface area contributed by atoms with Crippen molar-refractivity contribution >= 4 is 53.1 Å². The maximum absolute atomic E-state index is 11.9. The molecule has 1 amide bonds. The van der Waals surface area contributed by atoms with Gasteiger partial charge in [0.1, 0.15) is 0 Å². The lowest BCUT2D eigenvalue weighted by molar-refractivity contribution is -0.116. The number of rotatable bonds is 14. The van der Waals surface area contributed by atoms with Crippen molar-refractivity contribution in [1.82, 2.24) is 10.6 Å². The molecular weight excluding hydrogens is 507 g/mol. The largest absolute Gasteiger partial charge is 0.379 e. The number of anilines is 1. The first kappa shape index (κ1) is 27.9. The molecule has 0 saturated heterocycles. The quantitative estimate of drug-likeness (QED) is 0.145. The molecule has 0 radical (unpaired) electrons. The molecule has 1 rings (SSSR count). The normalized spacial score (nSPS) is 10.9. The average Bonchev–Trinajstić information content (AvgIpc) is 2.70. The number of unbranched alkanes of at least 4 members (excludes halogenated alkanes) is 1. The molecule has 0 fully saturated rings. The summed E-state index contributed by atoms with van der Waals surface area (Å²) in [5.41, 5.74) is 0.746. The Labute approximate surface area is 196 Å². The number of ether oxygens (including phenoxy) is 2. The van der Waals surface area contributed by atoms with Gasteiger partial charge in [-0.05, 0) is 37.1 Å². The van der Waals surface area contributed by atoms with Crippen LogP contribution < -0.4 is 16.0 Å². The van der Waals surface area contributed by atoms with Gasteiger partial charge in [0.2, 0.25) is 5.91 Å². The zero-order valence-corrected chi connectivity index (χ0v) is 20.4. The average molecular weight is 541 g/mol.